The lowest BCUT2D eigenvalue weighted by atomic mass is 10.2. The number of amides is 1. The predicted octanol–water partition coefficient (Wildman–Crippen LogP) is 2.29. The molecule has 2 N–H and O–H groups in total. The molecule has 0 aliphatic carbocycles. The third-order valence-electron chi connectivity index (χ3n) is 3.07. The van der Waals surface area contributed by atoms with Crippen LogP contribution in [0.25, 0.3) is 21.6 Å². The zero-order valence-electron chi connectivity index (χ0n) is 12.5. The number of carbonyl (C=O) groups is 1. The molecule has 23 heavy (non-hydrogen) atoms. The summed E-state index contributed by atoms with van der Waals surface area (Å²) in [5.74, 6) is -0.244. The van der Waals surface area contributed by atoms with Gasteiger partial charge in [-0.05, 0) is 0 Å². The number of methoxy groups -OCH3 is 1. The van der Waals surface area contributed by atoms with Crippen molar-refractivity contribution in [1.82, 2.24) is 15.2 Å². The number of nitrogens with one attached hydrogen (secondary N) is 2. The normalized spacial score (nSPS) is 11.0. The van der Waals surface area contributed by atoms with Gasteiger partial charge in [0.2, 0.25) is 0 Å². The maximum atomic E-state index is 11.8. The minimum Gasteiger partial charge on any atom is -0.382 e. The monoisotopic (exact) mass is 332 g/mol. The Kier molecular flexibility index (Phi) is 4.96. The Labute approximate surface area is 136 Å². The number of carbonyl (C=O) groups excluding carboxylic acids is 1. The first kappa shape index (κ1) is 15.6. The largest absolute Gasteiger partial charge is 0.382 e. The first-order valence-electron chi connectivity index (χ1n) is 7.05. The molecule has 8 heteroatoms. The van der Waals surface area contributed by atoms with Crippen LogP contribution in [-0.2, 0) is 14.3 Å². The molecule has 7 nitrogen and oxygen atoms in total. The molecule has 1 amide bonds. The minimum absolute atomic E-state index is 0.0271. The zero-order chi connectivity index (χ0) is 16.1. The average molecular weight is 332 g/mol. The molecule has 120 valence electrons. The number of benzene rings is 1. The van der Waals surface area contributed by atoms with Crippen LogP contribution in [0.1, 0.15) is 0 Å². The number of H-pyrrole nitrogens is 1. The highest BCUT2D eigenvalue weighted by atomic mass is 32.1. The van der Waals surface area contributed by atoms with Gasteiger partial charge in [-0.3, -0.25) is 15.2 Å². The van der Waals surface area contributed by atoms with Gasteiger partial charge in [0.05, 0.1) is 13.2 Å². The fraction of sp³-hybridized carbons (Fsp3) is 0.267. The Bertz CT molecular complexity index is 784. The Morgan fingerprint density at radius 3 is 2.91 bits per heavy atom. The number of aromatic nitrogens is 3. The number of aromatic amines is 1. The molecule has 0 fully saturated rings. The molecular formula is C15H16N4O3S. The van der Waals surface area contributed by atoms with Gasteiger partial charge in [-0.1, -0.05) is 41.7 Å². The molecular weight excluding hydrogens is 316 g/mol. The van der Waals surface area contributed by atoms with Gasteiger partial charge >= 0.3 is 0 Å². The SMILES string of the molecule is COCCOCC(=O)Nc1nc2[nH]nc(-c3ccccc3)c2s1. The van der Waals surface area contributed by atoms with Gasteiger partial charge in [0, 0.05) is 12.7 Å². The van der Waals surface area contributed by atoms with Crippen LogP contribution < -0.4 is 5.32 Å². The van der Waals surface area contributed by atoms with E-state index in [0.717, 1.165) is 16.0 Å². The third kappa shape index (κ3) is 3.73. The molecule has 0 saturated heterocycles. The van der Waals surface area contributed by atoms with Crippen LogP contribution in [0, 0.1) is 0 Å². The van der Waals surface area contributed by atoms with Crippen molar-refractivity contribution in [3.63, 3.8) is 0 Å². The Morgan fingerprint density at radius 2 is 2.13 bits per heavy atom. The van der Waals surface area contributed by atoms with E-state index in [1.54, 1.807) is 7.11 Å². The second-order valence-corrected chi connectivity index (χ2v) is 5.73. The van der Waals surface area contributed by atoms with Gasteiger partial charge in [-0.15, -0.1) is 0 Å². The molecule has 0 aliphatic rings. The quantitative estimate of drug-likeness (QED) is 0.648. The van der Waals surface area contributed by atoms with Gasteiger partial charge in [0.15, 0.2) is 10.8 Å². The number of rotatable bonds is 7. The maximum Gasteiger partial charge on any atom is 0.252 e. The van der Waals surface area contributed by atoms with Crippen molar-refractivity contribution in [3.05, 3.63) is 30.3 Å². The number of fused-ring (bicyclic) bond motifs is 1. The molecule has 2 heterocycles. The van der Waals surface area contributed by atoms with Crippen molar-refractivity contribution < 1.29 is 14.3 Å². The van der Waals surface area contributed by atoms with E-state index < -0.39 is 0 Å². The van der Waals surface area contributed by atoms with E-state index in [9.17, 15) is 4.79 Å². The number of thiazole rings is 1. The smallest absolute Gasteiger partial charge is 0.252 e. The summed E-state index contributed by atoms with van der Waals surface area (Å²) >= 11 is 1.38. The first-order chi connectivity index (χ1) is 11.3. The molecule has 3 aromatic rings. The molecule has 0 spiro atoms. The lowest BCUT2D eigenvalue weighted by Crippen LogP contribution is -2.19. The van der Waals surface area contributed by atoms with E-state index in [4.69, 9.17) is 9.47 Å². The molecule has 0 unspecified atom stereocenters. The van der Waals surface area contributed by atoms with E-state index >= 15 is 0 Å². The highest BCUT2D eigenvalue weighted by molar-refractivity contribution is 7.22. The van der Waals surface area contributed by atoms with E-state index in [1.807, 2.05) is 30.3 Å². The van der Waals surface area contributed by atoms with Crippen molar-refractivity contribution in [3.8, 4) is 11.3 Å². The molecule has 0 atom stereocenters. The van der Waals surface area contributed by atoms with E-state index in [1.165, 1.54) is 11.3 Å². The number of nitrogens with zero attached hydrogens (tertiary/aromatic N) is 2. The lowest BCUT2D eigenvalue weighted by molar-refractivity contribution is -0.121. The summed E-state index contributed by atoms with van der Waals surface area (Å²) in [5.41, 5.74) is 2.49. The number of hydrogen-bond donors (Lipinski definition) is 2. The van der Waals surface area contributed by atoms with E-state index in [-0.39, 0.29) is 12.5 Å². The Morgan fingerprint density at radius 1 is 1.30 bits per heavy atom. The van der Waals surface area contributed by atoms with Crippen LogP contribution >= 0.6 is 11.3 Å². The fourth-order valence-electron chi connectivity index (χ4n) is 2.02. The van der Waals surface area contributed by atoms with Gasteiger partial charge in [0.1, 0.15) is 17.0 Å². The van der Waals surface area contributed by atoms with Gasteiger partial charge in [-0.2, -0.15) is 5.10 Å². The van der Waals surface area contributed by atoms with Crippen LogP contribution in [0.4, 0.5) is 5.13 Å². The summed E-state index contributed by atoms with van der Waals surface area (Å²) in [6.45, 7) is 0.810. The summed E-state index contributed by atoms with van der Waals surface area (Å²) in [6.07, 6.45) is 0. The van der Waals surface area contributed by atoms with E-state index in [2.05, 4.69) is 20.5 Å². The zero-order valence-corrected chi connectivity index (χ0v) is 13.4. The minimum atomic E-state index is -0.244. The molecule has 0 aliphatic heterocycles. The number of hydrogen-bond acceptors (Lipinski definition) is 6. The molecule has 0 radical (unpaired) electrons. The Hall–Kier alpha value is -2.29. The van der Waals surface area contributed by atoms with Gasteiger partial charge < -0.3 is 9.47 Å². The van der Waals surface area contributed by atoms with Crippen molar-refractivity contribution >= 4 is 32.7 Å². The fourth-order valence-corrected chi connectivity index (χ4v) is 2.97. The first-order valence-corrected chi connectivity index (χ1v) is 7.86. The summed E-state index contributed by atoms with van der Waals surface area (Å²) in [6, 6.07) is 9.83. The van der Waals surface area contributed by atoms with Crippen molar-refractivity contribution in [2.24, 2.45) is 0 Å². The average Bonchev–Trinajstić information content (AvgIpc) is 3.12. The molecule has 2 aromatic heterocycles. The van der Waals surface area contributed by atoms with Crippen molar-refractivity contribution in [2.45, 2.75) is 0 Å². The summed E-state index contributed by atoms with van der Waals surface area (Å²) < 4.78 is 10.9. The van der Waals surface area contributed by atoms with Crippen molar-refractivity contribution in [1.29, 1.82) is 0 Å². The molecule has 1 aromatic carbocycles. The molecule has 0 bridgehead atoms. The predicted molar refractivity (Wildman–Crippen MR) is 88.5 cm³/mol. The van der Waals surface area contributed by atoms with Crippen LogP contribution in [0.3, 0.4) is 0 Å². The molecule has 0 saturated carbocycles. The second-order valence-electron chi connectivity index (χ2n) is 4.73. The lowest BCUT2D eigenvalue weighted by Gasteiger charge is -2.03. The molecule has 3 rings (SSSR count). The second kappa shape index (κ2) is 7.32. The van der Waals surface area contributed by atoms with Crippen molar-refractivity contribution in [2.75, 3.05) is 32.2 Å². The highest BCUT2D eigenvalue weighted by Crippen LogP contribution is 2.32. The standard InChI is InChI=1S/C15H16N4O3S/c1-21-7-8-22-9-11(20)16-15-17-14-13(23-15)12(18-19-14)10-5-3-2-4-6-10/h2-6H,7-9H2,1H3,(H2,16,17,18,19,20). The number of anilines is 1. The summed E-state index contributed by atoms with van der Waals surface area (Å²) in [4.78, 5) is 16.1. The van der Waals surface area contributed by atoms with Crippen LogP contribution in [0.2, 0.25) is 0 Å². The van der Waals surface area contributed by atoms with Crippen LogP contribution in [0.15, 0.2) is 30.3 Å². The maximum absolute atomic E-state index is 11.8. The Balaban J connectivity index is 1.69. The van der Waals surface area contributed by atoms with Gasteiger partial charge in [0.25, 0.3) is 5.91 Å². The van der Waals surface area contributed by atoms with Crippen LogP contribution in [0.5, 0.6) is 0 Å². The third-order valence-corrected chi connectivity index (χ3v) is 4.05. The van der Waals surface area contributed by atoms with E-state index in [0.29, 0.717) is 24.0 Å². The summed E-state index contributed by atoms with van der Waals surface area (Å²) in [7, 11) is 1.58. The summed E-state index contributed by atoms with van der Waals surface area (Å²) in [5, 5.41) is 10.4. The van der Waals surface area contributed by atoms with Crippen LogP contribution in [-0.4, -0.2) is 48.0 Å². The topological polar surface area (TPSA) is 89.1 Å². The van der Waals surface area contributed by atoms with Gasteiger partial charge in [-0.25, -0.2) is 4.98 Å². The number of ether oxygens (including phenoxy) is 2. The highest BCUT2D eigenvalue weighted by Gasteiger charge is 2.14.